The van der Waals surface area contributed by atoms with Gasteiger partial charge < -0.3 is 19.3 Å². The molecule has 0 saturated carbocycles. The van der Waals surface area contributed by atoms with E-state index in [9.17, 15) is 19.1 Å². The summed E-state index contributed by atoms with van der Waals surface area (Å²) < 4.78 is 20.3. The second-order valence-electron chi connectivity index (χ2n) is 7.47. The summed E-state index contributed by atoms with van der Waals surface area (Å²) in [5.41, 5.74) is 0.480. The molecular formula is C23H21FN2O4. The van der Waals surface area contributed by atoms with Gasteiger partial charge in [-0.3, -0.25) is 9.59 Å². The van der Waals surface area contributed by atoms with Crippen molar-refractivity contribution in [3.05, 3.63) is 83.1 Å². The van der Waals surface area contributed by atoms with Crippen LogP contribution < -0.4 is 0 Å². The third-order valence-electron chi connectivity index (χ3n) is 5.19. The highest BCUT2D eigenvalue weighted by atomic mass is 19.1. The van der Waals surface area contributed by atoms with Gasteiger partial charge in [-0.25, -0.2) is 4.39 Å². The highest BCUT2D eigenvalue weighted by Gasteiger charge is 2.45. The highest BCUT2D eigenvalue weighted by molar-refractivity contribution is 6.16. The largest absolute Gasteiger partial charge is 0.503 e. The summed E-state index contributed by atoms with van der Waals surface area (Å²) in [6.45, 7) is 0.696. The normalized spacial score (nSPS) is 16.9. The molecule has 1 aliphatic rings. The summed E-state index contributed by atoms with van der Waals surface area (Å²) in [6.07, 6.45) is 0. The zero-order chi connectivity index (χ0) is 21.4. The number of carbonyl (C=O) groups excluding carboxylic acids is 2. The van der Waals surface area contributed by atoms with E-state index in [1.54, 1.807) is 30.3 Å². The van der Waals surface area contributed by atoms with Crippen molar-refractivity contribution in [2.24, 2.45) is 0 Å². The molecule has 0 unspecified atom stereocenters. The minimum atomic E-state index is -1.04. The zero-order valence-electron chi connectivity index (χ0n) is 16.6. The molecule has 0 bridgehead atoms. The van der Waals surface area contributed by atoms with Crippen LogP contribution in [0.5, 0.6) is 0 Å². The molecule has 3 aromatic rings. The minimum absolute atomic E-state index is 0.0126. The molecule has 1 amide bonds. The quantitative estimate of drug-likeness (QED) is 0.630. The van der Waals surface area contributed by atoms with Crippen LogP contribution in [0.2, 0.25) is 0 Å². The molecule has 1 aliphatic heterocycles. The average molecular weight is 408 g/mol. The van der Waals surface area contributed by atoms with E-state index in [2.05, 4.69) is 0 Å². The van der Waals surface area contributed by atoms with Gasteiger partial charge in [0.15, 0.2) is 11.5 Å². The summed E-state index contributed by atoms with van der Waals surface area (Å²) in [5.74, 6) is -2.59. The number of hydrogen-bond acceptors (Lipinski definition) is 5. The number of rotatable bonds is 6. The van der Waals surface area contributed by atoms with Crippen molar-refractivity contribution >= 4 is 22.7 Å². The summed E-state index contributed by atoms with van der Waals surface area (Å²) in [4.78, 5) is 29.3. The van der Waals surface area contributed by atoms with Crippen molar-refractivity contribution in [1.29, 1.82) is 0 Å². The number of ketones is 1. The number of furan rings is 1. The first-order valence-corrected chi connectivity index (χ1v) is 9.55. The number of hydrogen-bond donors (Lipinski definition) is 1. The Kier molecular flexibility index (Phi) is 5.13. The van der Waals surface area contributed by atoms with Gasteiger partial charge in [0.25, 0.3) is 5.91 Å². The Morgan fingerprint density at radius 3 is 2.57 bits per heavy atom. The standard InChI is InChI=1S/C23H21FN2O4/c1-25(2)11-12-26-20(15-8-4-5-9-16(15)24)19(22(28)23(26)29)21(27)18-13-14-7-3-6-10-17(14)30-18/h3-10,13,20,28H,11-12H2,1-2H3/t20-/m1/s1. The van der Waals surface area contributed by atoms with E-state index in [4.69, 9.17) is 4.42 Å². The number of likely N-dealkylation sites (N-methyl/N-ethyl adjacent to an activating group) is 1. The first-order valence-electron chi connectivity index (χ1n) is 9.55. The average Bonchev–Trinajstić information content (AvgIpc) is 3.26. The lowest BCUT2D eigenvalue weighted by Gasteiger charge is -2.28. The van der Waals surface area contributed by atoms with Crippen molar-refractivity contribution in [3.63, 3.8) is 0 Å². The van der Waals surface area contributed by atoms with E-state index >= 15 is 0 Å². The first-order chi connectivity index (χ1) is 14.4. The molecule has 0 spiro atoms. The van der Waals surface area contributed by atoms with E-state index in [0.29, 0.717) is 12.1 Å². The molecule has 0 aliphatic carbocycles. The van der Waals surface area contributed by atoms with E-state index in [1.807, 2.05) is 25.1 Å². The van der Waals surface area contributed by atoms with E-state index in [0.717, 1.165) is 5.39 Å². The number of aliphatic hydroxyl groups is 1. The van der Waals surface area contributed by atoms with Crippen LogP contribution in [0.25, 0.3) is 11.0 Å². The number of nitrogens with zero attached hydrogens (tertiary/aromatic N) is 2. The Bertz CT molecular complexity index is 1130. The van der Waals surface area contributed by atoms with Crippen molar-refractivity contribution in [2.75, 3.05) is 27.2 Å². The Balaban J connectivity index is 1.81. The SMILES string of the molecule is CN(C)CCN1C(=O)C(O)=C(C(=O)c2cc3ccccc3o2)[C@H]1c1ccccc1F. The Morgan fingerprint density at radius 2 is 1.87 bits per heavy atom. The summed E-state index contributed by atoms with van der Waals surface area (Å²) in [6, 6.07) is 13.6. The van der Waals surface area contributed by atoms with Gasteiger partial charge in [-0.1, -0.05) is 36.4 Å². The molecule has 154 valence electrons. The van der Waals surface area contributed by atoms with Gasteiger partial charge in [-0.2, -0.15) is 0 Å². The molecule has 2 heterocycles. The van der Waals surface area contributed by atoms with Gasteiger partial charge in [-0.15, -0.1) is 0 Å². The zero-order valence-corrected chi connectivity index (χ0v) is 16.6. The molecule has 4 rings (SSSR count). The number of aliphatic hydroxyl groups excluding tert-OH is 1. The molecular weight excluding hydrogens is 387 g/mol. The van der Waals surface area contributed by atoms with Gasteiger partial charge in [-0.05, 0) is 32.3 Å². The fraction of sp³-hybridized carbons (Fsp3) is 0.217. The number of amides is 1. The smallest absolute Gasteiger partial charge is 0.290 e. The number of carbonyl (C=O) groups is 2. The molecule has 1 aromatic heterocycles. The van der Waals surface area contributed by atoms with Crippen LogP contribution in [0.15, 0.2) is 70.3 Å². The molecule has 6 nitrogen and oxygen atoms in total. The molecule has 0 saturated heterocycles. The maximum absolute atomic E-state index is 14.7. The van der Waals surface area contributed by atoms with Crippen LogP contribution in [0.4, 0.5) is 4.39 Å². The maximum atomic E-state index is 14.7. The van der Waals surface area contributed by atoms with Crippen molar-refractivity contribution in [3.8, 4) is 0 Å². The van der Waals surface area contributed by atoms with Gasteiger partial charge in [0.2, 0.25) is 5.78 Å². The monoisotopic (exact) mass is 408 g/mol. The fourth-order valence-electron chi connectivity index (χ4n) is 3.67. The van der Waals surface area contributed by atoms with Gasteiger partial charge in [0.1, 0.15) is 11.4 Å². The van der Waals surface area contributed by atoms with Crippen LogP contribution >= 0.6 is 0 Å². The van der Waals surface area contributed by atoms with E-state index < -0.39 is 29.3 Å². The fourth-order valence-corrected chi connectivity index (χ4v) is 3.67. The molecule has 0 fully saturated rings. The number of halogens is 1. The van der Waals surface area contributed by atoms with Gasteiger partial charge in [0.05, 0.1) is 11.6 Å². The summed E-state index contributed by atoms with van der Waals surface area (Å²) >= 11 is 0. The van der Waals surface area contributed by atoms with Crippen molar-refractivity contribution in [1.82, 2.24) is 9.80 Å². The Hall–Kier alpha value is -3.45. The number of Topliss-reactive ketones (excluding diaryl/α,β-unsaturated/α-hetero) is 1. The number of para-hydroxylation sites is 1. The highest BCUT2D eigenvalue weighted by Crippen LogP contribution is 2.40. The van der Waals surface area contributed by atoms with Crippen LogP contribution in [-0.4, -0.2) is 53.8 Å². The van der Waals surface area contributed by atoms with Gasteiger partial charge in [0, 0.05) is 24.0 Å². The minimum Gasteiger partial charge on any atom is -0.503 e. The summed E-state index contributed by atoms with van der Waals surface area (Å²) in [7, 11) is 3.68. The predicted molar refractivity (Wildman–Crippen MR) is 110 cm³/mol. The summed E-state index contributed by atoms with van der Waals surface area (Å²) in [5, 5.41) is 11.3. The van der Waals surface area contributed by atoms with Crippen LogP contribution in [0.3, 0.4) is 0 Å². The second-order valence-corrected chi connectivity index (χ2v) is 7.47. The molecule has 7 heteroatoms. The van der Waals surface area contributed by atoms with Gasteiger partial charge >= 0.3 is 0 Å². The Morgan fingerprint density at radius 1 is 1.17 bits per heavy atom. The number of fused-ring (bicyclic) bond motifs is 1. The molecule has 1 atom stereocenters. The third kappa shape index (κ3) is 3.37. The van der Waals surface area contributed by atoms with Crippen LogP contribution in [0.1, 0.15) is 22.2 Å². The van der Waals surface area contributed by atoms with Crippen molar-refractivity contribution < 1.29 is 23.5 Å². The molecule has 1 N–H and O–H groups in total. The third-order valence-corrected chi connectivity index (χ3v) is 5.19. The van der Waals surface area contributed by atoms with Crippen molar-refractivity contribution in [2.45, 2.75) is 6.04 Å². The Labute approximate surface area is 172 Å². The topological polar surface area (TPSA) is 74.0 Å². The van der Waals surface area contributed by atoms with Crippen LogP contribution in [-0.2, 0) is 4.79 Å². The number of benzene rings is 2. The molecule has 30 heavy (non-hydrogen) atoms. The first kappa shape index (κ1) is 19.8. The lowest BCUT2D eigenvalue weighted by molar-refractivity contribution is -0.129. The van der Waals surface area contributed by atoms with E-state index in [1.165, 1.54) is 23.1 Å². The maximum Gasteiger partial charge on any atom is 0.290 e. The second kappa shape index (κ2) is 7.76. The lowest BCUT2D eigenvalue weighted by atomic mass is 9.94. The predicted octanol–water partition coefficient (Wildman–Crippen LogP) is 3.71. The molecule has 2 aromatic carbocycles. The molecule has 0 radical (unpaired) electrons. The van der Waals surface area contributed by atoms with Crippen LogP contribution in [0, 0.1) is 5.82 Å². The van der Waals surface area contributed by atoms with E-state index in [-0.39, 0.29) is 23.4 Å². The lowest BCUT2D eigenvalue weighted by Crippen LogP contribution is -2.37.